The fourth-order valence-corrected chi connectivity index (χ4v) is 3.44. The lowest BCUT2D eigenvalue weighted by Gasteiger charge is -2.14. The molecule has 1 aliphatic rings. The fourth-order valence-electron chi connectivity index (χ4n) is 2.59. The maximum atomic E-state index is 12.2. The Balaban J connectivity index is 1.75. The zero-order valence-corrected chi connectivity index (χ0v) is 13.7. The summed E-state index contributed by atoms with van der Waals surface area (Å²) in [5.41, 5.74) is 0.951. The van der Waals surface area contributed by atoms with Crippen molar-refractivity contribution in [1.29, 1.82) is 0 Å². The Kier molecular flexibility index (Phi) is 5.07. The third kappa shape index (κ3) is 3.61. The van der Waals surface area contributed by atoms with E-state index in [2.05, 4.69) is 21.8 Å². The number of pyridine rings is 1. The molecule has 120 valence electrons. The molecule has 1 saturated heterocycles. The summed E-state index contributed by atoms with van der Waals surface area (Å²) in [7, 11) is 0. The lowest BCUT2D eigenvalue weighted by atomic mass is 10.2. The van der Waals surface area contributed by atoms with E-state index in [0.29, 0.717) is 12.3 Å². The monoisotopic (exact) mass is 329 g/mol. The summed E-state index contributed by atoms with van der Waals surface area (Å²) in [5.74, 6) is 1.33. The van der Waals surface area contributed by atoms with Crippen molar-refractivity contribution in [2.24, 2.45) is 0 Å². The van der Waals surface area contributed by atoms with Crippen molar-refractivity contribution in [3.8, 4) is 11.4 Å². The van der Waals surface area contributed by atoms with Gasteiger partial charge in [0.1, 0.15) is 0 Å². The van der Waals surface area contributed by atoms with E-state index in [1.54, 1.807) is 18.5 Å². The van der Waals surface area contributed by atoms with Gasteiger partial charge in [-0.15, -0.1) is 16.8 Å². The Bertz CT molecular complexity index is 679. The van der Waals surface area contributed by atoms with Gasteiger partial charge in [-0.3, -0.25) is 14.3 Å². The largest absolute Gasteiger partial charge is 0.342 e. The molecule has 1 fully saturated rings. The van der Waals surface area contributed by atoms with Crippen molar-refractivity contribution in [3.63, 3.8) is 0 Å². The number of hydrogen-bond donors (Lipinski definition) is 0. The number of thioether (sulfide) groups is 1. The first kappa shape index (κ1) is 15.7. The molecule has 2 aromatic rings. The number of amides is 1. The van der Waals surface area contributed by atoms with E-state index in [1.165, 1.54) is 11.8 Å². The van der Waals surface area contributed by atoms with Gasteiger partial charge in [0.15, 0.2) is 11.0 Å². The molecule has 0 bridgehead atoms. The minimum Gasteiger partial charge on any atom is -0.342 e. The highest BCUT2D eigenvalue weighted by atomic mass is 32.2. The normalized spacial score (nSPS) is 14.2. The first-order valence-corrected chi connectivity index (χ1v) is 8.63. The van der Waals surface area contributed by atoms with E-state index in [4.69, 9.17) is 0 Å². The van der Waals surface area contributed by atoms with Crippen LogP contribution in [0.25, 0.3) is 11.4 Å². The summed E-state index contributed by atoms with van der Waals surface area (Å²) in [4.78, 5) is 18.1. The summed E-state index contributed by atoms with van der Waals surface area (Å²) >= 11 is 1.43. The molecule has 23 heavy (non-hydrogen) atoms. The summed E-state index contributed by atoms with van der Waals surface area (Å²) in [6.07, 6.45) is 7.48. The highest BCUT2D eigenvalue weighted by Gasteiger charge is 2.20. The summed E-state index contributed by atoms with van der Waals surface area (Å²) in [6.45, 7) is 6.15. The van der Waals surface area contributed by atoms with Crippen molar-refractivity contribution in [1.82, 2.24) is 24.6 Å². The van der Waals surface area contributed by atoms with Gasteiger partial charge in [0, 0.05) is 37.6 Å². The van der Waals surface area contributed by atoms with Crippen molar-refractivity contribution in [2.75, 3.05) is 18.8 Å². The van der Waals surface area contributed by atoms with Crippen LogP contribution in [0.4, 0.5) is 0 Å². The Morgan fingerprint density at radius 1 is 1.26 bits per heavy atom. The van der Waals surface area contributed by atoms with Gasteiger partial charge in [-0.05, 0) is 25.0 Å². The number of allylic oxidation sites excluding steroid dienone is 1. The van der Waals surface area contributed by atoms with Gasteiger partial charge in [0.25, 0.3) is 0 Å². The van der Waals surface area contributed by atoms with E-state index in [0.717, 1.165) is 42.5 Å². The Morgan fingerprint density at radius 3 is 2.70 bits per heavy atom. The topological polar surface area (TPSA) is 63.9 Å². The van der Waals surface area contributed by atoms with Gasteiger partial charge in [0.05, 0.1) is 5.75 Å². The van der Waals surface area contributed by atoms with Gasteiger partial charge >= 0.3 is 0 Å². The Hall–Kier alpha value is -2.15. The van der Waals surface area contributed by atoms with Crippen LogP contribution in [0.5, 0.6) is 0 Å². The number of carbonyl (C=O) groups excluding carboxylic acids is 1. The van der Waals surface area contributed by atoms with E-state index in [-0.39, 0.29) is 5.91 Å². The summed E-state index contributed by atoms with van der Waals surface area (Å²) in [6, 6.07) is 3.79. The molecule has 3 heterocycles. The van der Waals surface area contributed by atoms with Crippen LogP contribution in [0.2, 0.25) is 0 Å². The molecule has 6 nitrogen and oxygen atoms in total. The molecule has 1 amide bonds. The fraction of sp³-hybridized carbons (Fsp3) is 0.375. The second-order valence-electron chi connectivity index (χ2n) is 5.32. The van der Waals surface area contributed by atoms with Crippen molar-refractivity contribution >= 4 is 17.7 Å². The highest BCUT2D eigenvalue weighted by molar-refractivity contribution is 7.99. The standard InChI is InChI=1S/C16H19N5OS/c1-2-9-21-15(13-5-7-17-8-6-13)18-19-16(21)23-12-14(22)20-10-3-4-11-20/h2,5-8H,1,3-4,9-12H2. The van der Waals surface area contributed by atoms with Gasteiger partial charge in [-0.2, -0.15) is 0 Å². The summed E-state index contributed by atoms with van der Waals surface area (Å²) in [5, 5.41) is 9.26. The first-order chi connectivity index (χ1) is 11.3. The number of rotatable bonds is 6. The van der Waals surface area contributed by atoms with Crippen molar-refractivity contribution in [3.05, 3.63) is 37.2 Å². The van der Waals surface area contributed by atoms with Crippen LogP contribution in [-0.4, -0.2) is 49.4 Å². The Morgan fingerprint density at radius 2 is 2.00 bits per heavy atom. The van der Waals surface area contributed by atoms with Gasteiger partial charge in [0.2, 0.25) is 5.91 Å². The number of nitrogens with zero attached hydrogens (tertiary/aromatic N) is 5. The predicted octanol–water partition coefficient (Wildman–Crippen LogP) is 2.24. The second kappa shape index (κ2) is 7.41. The average Bonchev–Trinajstić information content (AvgIpc) is 3.24. The molecule has 7 heteroatoms. The SMILES string of the molecule is C=CCn1c(SCC(=O)N2CCCC2)nnc1-c1ccncc1. The predicted molar refractivity (Wildman–Crippen MR) is 90.0 cm³/mol. The van der Waals surface area contributed by atoms with Gasteiger partial charge in [-0.1, -0.05) is 17.8 Å². The van der Waals surface area contributed by atoms with Crippen LogP contribution in [0.1, 0.15) is 12.8 Å². The molecular formula is C16H19N5OS. The van der Waals surface area contributed by atoms with Gasteiger partial charge < -0.3 is 4.90 Å². The molecule has 2 aromatic heterocycles. The number of hydrogen-bond acceptors (Lipinski definition) is 5. The van der Waals surface area contributed by atoms with Crippen molar-refractivity contribution < 1.29 is 4.79 Å². The molecule has 0 aliphatic carbocycles. The number of likely N-dealkylation sites (tertiary alicyclic amines) is 1. The van der Waals surface area contributed by atoms with E-state index >= 15 is 0 Å². The summed E-state index contributed by atoms with van der Waals surface area (Å²) < 4.78 is 1.98. The van der Waals surface area contributed by atoms with E-state index in [1.807, 2.05) is 21.6 Å². The molecule has 0 atom stereocenters. The zero-order valence-electron chi connectivity index (χ0n) is 12.9. The van der Waals surface area contributed by atoms with Crippen LogP contribution in [0.3, 0.4) is 0 Å². The van der Waals surface area contributed by atoms with Gasteiger partial charge in [-0.25, -0.2) is 0 Å². The van der Waals surface area contributed by atoms with Crippen LogP contribution < -0.4 is 0 Å². The molecule has 0 N–H and O–H groups in total. The third-order valence-corrected chi connectivity index (χ3v) is 4.70. The lowest BCUT2D eigenvalue weighted by Crippen LogP contribution is -2.29. The molecular weight excluding hydrogens is 310 g/mol. The quantitative estimate of drug-likeness (QED) is 0.601. The average molecular weight is 329 g/mol. The molecule has 1 aliphatic heterocycles. The maximum absolute atomic E-state index is 12.2. The minimum atomic E-state index is 0.172. The first-order valence-electron chi connectivity index (χ1n) is 7.64. The maximum Gasteiger partial charge on any atom is 0.233 e. The number of aromatic nitrogens is 4. The van der Waals surface area contributed by atoms with Crippen LogP contribution >= 0.6 is 11.8 Å². The second-order valence-corrected chi connectivity index (χ2v) is 6.26. The smallest absolute Gasteiger partial charge is 0.233 e. The lowest BCUT2D eigenvalue weighted by molar-refractivity contribution is -0.127. The molecule has 0 aromatic carbocycles. The number of carbonyl (C=O) groups is 1. The molecule has 0 spiro atoms. The molecule has 0 saturated carbocycles. The molecule has 0 radical (unpaired) electrons. The molecule has 0 unspecified atom stereocenters. The minimum absolute atomic E-state index is 0.172. The van der Waals surface area contributed by atoms with E-state index < -0.39 is 0 Å². The third-order valence-electron chi connectivity index (χ3n) is 3.75. The van der Waals surface area contributed by atoms with Crippen molar-refractivity contribution in [2.45, 2.75) is 24.5 Å². The van der Waals surface area contributed by atoms with Crippen LogP contribution in [0.15, 0.2) is 42.3 Å². The molecule has 3 rings (SSSR count). The van der Waals surface area contributed by atoms with Crippen LogP contribution in [-0.2, 0) is 11.3 Å². The van der Waals surface area contributed by atoms with E-state index in [9.17, 15) is 4.79 Å². The Labute approximate surface area is 139 Å². The highest BCUT2D eigenvalue weighted by Crippen LogP contribution is 2.24. The zero-order chi connectivity index (χ0) is 16.1. The van der Waals surface area contributed by atoms with Crippen LogP contribution in [0, 0.1) is 0 Å².